The van der Waals surface area contributed by atoms with Crippen LogP contribution in [0.5, 0.6) is 0 Å². The highest BCUT2D eigenvalue weighted by atomic mass is 31.2. The first-order valence-corrected chi connectivity index (χ1v) is 11.0. The van der Waals surface area contributed by atoms with Crippen molar-refractivity contribution in [1.82, 2.24) is 0 Å². The third kappa shape index (κ3) is 19.9. The summed E-state index contributed by atoms with van der Waals surface area (Å²) in [5, 5.41) is 9.60. The zero-order valence-corrected chi connectivity index (χ0v) is 16.1. The van der Waals surface area contributed by atoms with Crippen LogP contribution in [0.25, 0.3) is 0 Å². The minimum atomic E-state index is -4.42. The van der Waals surface area contributed by atoms with Crippen molar-refractivity contribution in [2.45, 2.75) is 96.5 Å². The lowest BCUT2D eigenvalue weighted by Crippen LogP contribution is -2.06. The summed E-state index contributed by atoms with van der Waals surface area (Å²) >= 11 is 0. The van der Waals surface area contributed by atoms with E-state index in [9.17, 15) is 9.67 Å². The molecular formula is C18H37O5P. The molecule has 0 aliphatic carbocycles. The number of unbranched alkanes of at least 4 members (excludes halogenated alkanes) is 11. The van der Waals surface area contributed by atoms with Crippen LogP contribution in [-0.2, 0) is 9.09 Å². The highest BCUT2D eigenvalue weighted by molar-refractivity contribution is 7.46. The zero-order chi connectivity index (χ0) is 18.1. The van der Waals surface area contributed by atoms with Gasteiger partial charge in [-0.2, -0.15) is 0 Å². The molecule has 0 saturated carbocycles. The Bertz CT molecular complexity index is 340. The maximum atomic E-state index is 10.5. The molecule has 0 bridgehead atoms. The molecule has 0 rings (SSSR count). The van der Waals surface area contributed by atoms with Gasteiger partial charge in [0.05, 0.1) is 12.7 Å². The second-order valence-electron chi connectivity index (χ2n) is 6.43. The van der Waals surface area contributed by atoms with Crippen LogP contribution < -0.4 is 0 Å². The van der Waals surface area contributed by atoms with E-state index in [0.717, 1.165) is 12.8 Å². The average molecular weight is 364 g/mol. The molecule has 3 N–H and O–H groups in total. The molecule has 0 aromatic carbocycles. The molecule has 0 aliphatic rings. The van der Waals surface area contributed by atoms with Gasteiger partial charge in [0.25, 0.3) is 0 Å². The number of phosphoric acid groups is 1. The fourth-order valence-electron chi connectivity index (χ4n) is 2.57. The van der Waals surface area contributed by atoms with Crippen LogP contribution in [-0.4, -0.2) is 27.6 Å². The summed E-state index contributed by atoms with van der Waals surface area (Å²) < 4.78 is 14.8. The van der Waals surface area contributed by atoms with Crippen LogP contribution in [0.3, 0.4) is 0 Å². The summed E-state index contributed by atoms with van der Waals surface area (Å²) in [5.41, 5.74) is 0. The smallest absolute Gasteiger partial charge is 0.389 e. The SMILES string of the molecule is CCCCCCCCCCCCC/C=C/[C@@H](O)CCOP(=O)(O)O. The second kappa shape index (κ2) is 16.3. The van der Waals surface area contributed by atoms with Gasteiger partial charge >= 0.3 is 7.82 Å². The lowest BCUT2D eigenvalue weighted by Gasteiger charge is -2.07. The van der Waals surface area contributed by atoms with Crippen molar-refractivity contribution >= 4 is 7.82 Å². The first kappa shape index (κ1) is 23.8. The molecule has 0 aromatic heterocycles. The van der Waals surface area contributed by atoms with Gasteiger partial charge in [-0.1, -0.05) is 83.3 Å². The molecule has 24 heavy (non-hydrogen) atoms. The van der Waals surface area contributed by atoms with Crippen LogP contribution in [0, 0.1) is 0 Å². The molecule has 0 fully saturated rings. The van der Waals surface area contributed by atoms with Gasteiger partial charge in [0, 0.05) is 6.42 Å². The Morgan fingerprint density at radius 2 is 1.42 bits per heavy atom. The van der Waals surface area contributed by atoms with Gasteiger partial charge in [-0.25, -0.2) is 4.57 Å². The summed E-state index contributed by atoms with van der Waals surface area (Å²) in [6, 6.07) is 0. The summed E-state index contributed by atoms with van der Waals surface area (Å²) in [4.78, 5) is 17.0. The fraction of sp³-hybridized carbons (Fsp3) is 0.889. The lowest BCUT2D eigenvalue weighted by atomic mass is 10.1. The molecule has 144 valence electrons. The van der Waals surface area contributed by atoms with Crippen molar-refractivity contribution in [1.29, 1.82) is 0 Å². The van der Waals surface area contributed by atoms with Crippen LogP contribution in [0.1, 0.15) is 90.4 Å². The zero-order valence-electron chi connectivity index (χ0n) is 15.2. The Balaban J connectivity index is 3.29. The van der Waals surface area contributed by atoms with E-state index >= 15 is 0 Å². The maximum absolute atomic E-state index is 10.5. The van der Waals surface area contributed by atoms with Gasteiger partial charge in [-0.05, 0) is 12.8 Å². The predicted octanol–water partition coefficient (Wildman–Crippen LogP) is 5.10. The molecular weight excluding hydrogens is 327 g/mol. The van der Waals surface area contributed by atoms with Crippen LogP contribution in [0.15, 0.2) is 12.2 Å². The van der Waals surface area contributed by atoms with Gasteiger partial charge < -0.3 is 14.9 Å². The van der Waals surface area contributed by atoms with Crippen LogP contribution in [0.2, 0.25) is 0 Å². The highest BCUT2D eigenvalue weighted by Gasteiger charge is 2.13. The average Bonchev–Trinajstić information content (AvgIpc) is 2.50. The number of aliphatic hydroxyl groups is 1. The Morgan fingerprint density at radius 3 is 1.92 bits per heavy atom. The Kier molecular flexibility index (Phi) is 16.2. The fourth-order valence-corrected chi connectivity index (χ4v) is 2.91. The largest absolute Gasteiger partial charge is 0.469 e. The molecule has 0 heterocycles. The predicted molar refractivity (Wildman–Crippen MR) is 98.8 cm³/mol. The van der Waals surface area contributed by atoms with Crippen molar-refractivity contribution in [3.8, 4) is 0 Å². The van der Waals surface area contributed by atoms with Crippen LogP contribution >= 0.6 is 7.82 Å². The molecule has 0 unspecified atom stereocenters. The second-order valence-corrected chi connectivity index (χ2v) is 7.67. The van der Waals surface area contributed by atoms with Gasteiger partial charge in [-0.3, -0.25) is 4.52 Å². The van der Waals surface area contributed by atoms with E-state index in [1.54, 1.807) is 6.08 Å². The first-order chi connectivity index (χ1) is 11.5. The normalized spacial score (nSPS) is 13.7. The standard InChI is InChI=1S/C18H37O5P/c1-2-3-4-5-6-7-8-9-10-11-12-13-14-15-18(19)16-17-23-24(20,21)22/h14-15,18-19H,2-13,16-17H2,1H3,(H2,20,21,22)/b15-14+/t18-/m1/s1. The number of allylic oxidation sites excluding steroid dienone is 1. The van der Waals surface area contributed by atoms with Gasteiger partial charge in [0.2, 0.25) is 0 Å². The summed E-state index contributed by atoms with van der Waals surface area (Å²) in [6.45, 7) is 2.10. The van der Waals surface area contributed by atoms with Gasteiger partial charge in [0.1, 0.15) is 0 Å². The first-order valence-electron chi connectivity index (χ1n) is 9.50. The topological polar surface area (TPSA) is 87.0 Å². The van der Waals surface area contributed by atoms with Gasteiger partial charge in [-0.15, -0.1) is 0 Å². The Hall–Kier alpha value is -0.190. The molecule has 0 aromatic rings. The third-order valence-corrected chi connectivity index (χ3v) is 4.52. The minimum Gasteiger partial charge on any atom is -0.389 e. The van der Waals surface area contributed by atoms with E-state index < -0.39 is 13.9 Å². The molecule has 0 radical (unpaired) electrons. The molecule has 6 heteroatoms. The number of phosphoric ester groups is 1. The van der Waals surface area contributed by atoms with Crippen LogP contribution in [0.4, 0.5) is 0 Å². The highest BCUT2D eigenvalue weighted by Crippen LogP contribution is 2.35. The van der Waals surface area contributed by atoms with Crippen molar-refractivity contribution in [2.75, 3.05) is 6.61 Å². The number of hydrogen-bond acceptors (Lipinski definition) is 3. The minimum absolute atomic E-state index is 0.145. The van der Waals surface area contributed by atoms with E-state index in [0.29, 0.717) is 0 Å². The van der Waals surface area contributed by atoms with E-state index in [1.807, 2.05) is 6.08 Å². The number of aliphatic hydroxyl groups excluding tert-OH is 1. The van der Waals surface area contributed by atoms with E-state index in [-0.39, 0.29) is 13.0 Å². The molecule has 0 spiro atoms. The number of rotatable bonds is 17. The molecule has 5 nitrogen and oxygen atoms in total. The quantitative estimate of drug-likeness (QED) is 0.190. The van der Waals surface area contributed by atoms with Crippen molar-refractivity contribution in [2.24, 2.45) is 0 Å². The Morgan fingerprint density at radius 1 is 0.917 bits per heavy atom. The molecule has 0 saturated heterocycles. The summed E-state index contributed by atoms with van der Waals surface area (Å²) in [5.74, 6) is 0. The molecule has 0 amide bonds. The summed E-state index contributed by atoms with van der Waals surface area (Å²) in [6.07, 6.45) is 18.6. The molecule has 0 aliphatic heterocycles. The van der Waals surface area contributed by atoms with Crippen molar-refractivity contribution < 1.29 is 24.0 Å². The van der Waals surface area contributed by atoms with Crippen molar-refractivity contribution in [3.63, 3.8) is 0 Å². The monoisotopic (exact) mass is 364 g/mol. The maximum Gasteiger partial charge on any atom is 0.469 e. The van der Waals surface area contributed by atoms with Gasteiger partial charge in [0.15, 0.2) is 0 Å². The lowest BCUT2D eigenvalue weighted by molar-refractivity contribution is 0.149. The van der Waals surface area contributed by atoms with Crippen molar-refractivity contribution in [3.05, 3.63) is 12.2 Å². The number of hydrogen-bond donors (Lipinski definition) is 3. The van der Waals surface area contributed by atoms with E-state index in [2.05, 4.69) is 11.4 Å². The van der Waals surface area contributed by atoms with E-state index in [4.69, 9.17) is 9.79 Å². The third-order valence-electron chi connectivity index (χ3n) is 4.01. The molecule has 1 atom stereocenters. The summed E-state index contributed by atoms with van der Waals surface area (Å²) in [7, 11) is -4.42. The van der Waals surface area contributed by atoms with E-state index in [1.165, 1.54) is 64.2 Å². The Labute approximate surface area is 147 Å².